The first kappa shape index (κ1) is 16.2. The summed E-state index contributed by atoms with van der Waals surface area (Å²) in [5.41, 5.74) is 2.30. The van der Waals surface area contributed by atoms with E-state index in [4.69, 9.17) is 0 Å². The summed E-state index contributed by atoms with van der Waals surface area (Å²) in [7, 11) is 1.79. The van der Waals surface area contributed by atoms with Crippen LogP contribution in [0.25, 0.3) is 10.9 Å². The van der Waals surface area contributed by atoms with Crippen molar-refractivity contribution in [2.45, 2.75) is 12.8 Å². The van der Waals surface area contributed by atoms with Gasteiger partial charge in [-0.25, -0.2) is 4.98 Å². The van der Waals surface area contributed by atoms with Crippen molar-refractivity contribution in [2.24, 2.45) is 5.92 Å². The number of thiazole rings is 1. The molecular weight excluding hydrogens is 332 g/mol. The summed E-state index contributed by atoms with van der Waals surface area (Å²) in [5.74, 6) is 0.565. The van der Waals surface area contributed by atoms with E-state index < -0.39 is 0 Å². The Balaban J connectivity index is 1.51. The van der Waals surface area contributed by atoms with Crippen LogP contribution in [-0.2, 0) is 6.42 Å². The van der Waals surface area contributed by atoms with Crippen molar-refractivity contribution in [2.75, 3.05) is 25.0 Å². The number of nitrogens with one attached hydrogen (secondary N) is 1. The van der Waals surface area contributed by atoms with E-state index in [1.54, 1.807) is 29.5 Å². The van der Waals surface area contributed by atoms with Gasteiger partial charge in [-0.05, 0) is 49.7 Å². The van der Waals surface area contributed by atoms with Gasteiger partial charge in [-0.2, -0.15) is 0 Å². The first-order chi connectivity index (χ1) is 12.2. The van der Waals surface area contributed by atoms with Gasteiger partial charge in [0, 0.05) is 36.1 Å². The summed E-state index contributed by atoms with van der Waals surface area (Å²) in [6, 6.07) is 9.75. The number of anilines is 1. The zero-order chi connectivity index (χ0) is 17.2. The molecule has 0 spiro atoms. The molecule has 3 heterocycles. The third kappa shape index (κ3) is 3.41. The van der Waals surface area contributed by atoms with Crippen LogP contribution in [0.15, 0.2) is 41.9 Å². The highest BCUT2D eigenvalue weighted by Gasteiger charge is 2.20. The molecule has 25 heavy (non-hydrogen) atoms. The maximum Gasteiger partial charge on any atom is 0.277 e. The van der Waals surface area contributed by atoms with E-state index in [-0.39, 0.29) is 5.91 Å². The van der Waals surface area contributed by atoms with Crippen LogP contribution in [0.5, 0.6) is 0 Å². The van der Waals surface area contributed by atoms with Gasteiger partial charge in [0.25, 0.3) is 5.91 Å². The molecule has 4 rings (SSSR count). The van der Waals surface area contributed by atoms with Gasteiger partial charge in [0.15, 0.2) is 0 Å². The molecule has 0 aliphatic carbocycles. The highest BCUT2D eigenvalue weighted by molar-refractivity contribution is 7.09. The largest absolute Gasteiger partial charge is 0.316 e. The number of amides is 1. The zero-order valence-electron chi connectivity index (χ0n) is 14.1. The van der Waals surface area contributed by atoms with E-state index in [1.807, 2.05) is 35.7 Å². The van der Waals surface area contributed by atoms with Crippen LogP contribution in [0.3, 0.4) is 0 Å². The molecule has 1 fully saturated rings. The minimum atomic E-state index is -0.0738. The summed E-state index contributed by atoms with van der Waals surface area (Å²) in [6.07, 6.45) is 3.91. The third-order valence-corrected chi connectivity index (χ3v) is 5.55. The maximum absolute atomic E-state index is 12.8. The molecule has 1 atom stereocenters. The monoisotopic (exact) mass is 352 g/mol. The van der Waals surface area contributed by atoms with Gasteiger partial charge in [-0.1, -0.05) is 6.07 Å². The molecule has 0 bridgehead atoms. The molecule has 0 radical (unpaired) electrons. The average molecular weight is 352 g/mol. The molecule has 1 amide bonds. The number of benzene rings is 1. The number of nitrogens with zero attached hydrogens (tertiary/aromatic N) is 3. The molecule has 3 aromatic rings. The Morgan fingerprint density at radius 2 is 2.32 bits per heavy atom. The van der Waals surface area contributed by atoms with Gasteiger partial charge >= 0.3 is 0 Å². The standard InChI is InChI=1S/C19H20N4OS/c1-23(15-4-5-16-14(10-15)3-2-7-21-16)19(24)17-12-25-18(22-17)9-13-6-8-20-11-13/h2-5,7,10,12-13,20H,6,8-9,11H2,1H3. The highest BCUT2D eigenvalue weighted by Crippen LogP contribution is 2.23. The van der Waals surface area contributed by atoms with E-state index in [0.29, 0.717) is 11.6 Å². The lowest BCUT2D eigenvalue weighted by Crippen LogP contribution is -2.26. The first-order valence-electron chi connectivity index (χ1n) is 8.48. The summed E-state index contributed by atoms with van der Waals surface area (Å²) >= 11 is 1.58. The van der Waals surface area contributed by atoms with Gasteiger partial charge in [0.05, 0.1) is 10.5 Å². The fourth-order valence-electron chi connectivity index (χ4n) is 3.20. The zero-order valence-corrected chi connectivity index (χ0v) is 14.9. The Kier molecular flexibility index (Phi) is 4.46. The second-order valence-corrected chi connectivity index (χ2v) is 7.38. The molecule has 1 saturated heterocycles. The molecule has 5 nitrogen and oxygen atoms in total. The van der Waals surface area contributed by atoms with Crippen molar-refractivity contribution in [1.29, 1.82) is 0 Å². The highest BCUT2D eigenvalue weighted by atomic mass is 32.1. The maximum atomic E-state index is 12.8. The van der Waals surface area contributed by atoms with Crippen LogP contribution in [0, 0.1) is 5.92 Å². The van der Waals surface area contributed by atoms with Crippen molar-refractivity contribution in [3.05, 3.63) is 52.6 Å². The van der Waals surface area contributed by atoms with Crippen LogP contribution in [-0.4, -0.2) is 36.0 Å². The van der Waals surface area contributed by atoms with Crippen LogP contribution >= 0.6 is 11.3 Å². The molecular formula is C19H20N4OS. The smallest absolute Gasteiger partial charge is 0.277 e. The summed E-state index contributed by atoms with van der Waals surface area (Å²) in [5, 5.41) is 7.32. The summed E-state index contributed by atoms with van der Waals surface area (Å²) in [4.78, 5) is 23.3. The Bertz CT molecular complexity index is 901. The molecule has 1 aromatic carbocycles. The minimum absolute atomic E-state index is 0.0738. The van der Waals surface area contributed by atoms with Crippen molar-refractivity contribution in [3.63, 3.8) is 0 Å². The number of carbonyl (C=O) groups is 1. The van der Waals surface area contributed by atoms with E-state index in [9.17, 15) is 4.79 Å². The molecule has 0 saturated carbocycles. The molecule has 1 N–H and O–H groups in total. The van der Waals surface area contributed by atoms with Gasteiger partial charge in [-0.3, -0.25) is 9.78 Å². The number of pyridine rings is 1. The summed E-state index contributed by atoms with van der Waals surface area (Å²) in [6.45, 7) is 2.13. The Morgan fingerprint density at radius 3 is 3.16 bits per heavy atom. The van der Waals surface area contributed by atoms with Crippen LogP contribution < -0.4 is 10.2 Å². The lowest BCUT2D eigenvalue weighted by Gasteiger charge is -2.16. The predicted molar refractivity (Wildman–Crippen MR) is 101 cm³/mol. The molecule has 1 aliphatic rings. The van der Waals surface area contributed by atoms with E-state index >= 15 is 0 Å². The lowest BCUT2D eigenvalue weighted by molar-refractivity contribution is 0.0988. The van der Waals surface area contributed by atoms with Crippen molar-refractivity contribution in [1.82, 2.24) is 15.3 Å². The molecule has 6 heteroatoms. The molecule has 1 unspecified atom stereocenters. The number of fused-ring (bicyclic) bond motifs is 1. The molecule has 2 aromatic heterocycles. The van der Waals surface area contributed by atoms with Gasteiger partial charge < -0.3 is 10.2 Å². The van der Waals surface area contributed by atoms with Gasteiger partial charge in [0.2, 0.25) is 0 Å². The van der Waals surface area contributed by atoms with Crippen LogP contribution in [0.4, 0.5) is 5.69 Å². The average Bonchev–Trinajstić information content (AvgIpc) is 3.32. The van der Waals surface area contributed by atoms with Gasteiger partial charge in [-0.15, -0.1) is 11.3 Å². The quantitative estimate of drug-likeness (QED) is 0.784. The Morgan fingerprint density at radius 1 is 1.40 bits per heavy atom. The normalized spacial score (nSPS) is 17.1. The van der Waals surface area contributed by atoms with Crippen molar-refractivity contribution in [3.8, 4) is 0 Å². The topological polar surface area (TPSA) is 58.1 Å². The van der Waals surface area contributed by atoms with Crippen molar-refractivity contribution >= 4 is 33.8 Å². The van der Waals surface area contributed by atoms with Crippen LogP contribution in [0.2, 0.25) is 0 Å². The number of rotatable bonds is 4. The first-order valence-corrected chi connectivity index (χ1v) is 9.36. The SMILES string of the molecule is CN(C(=O)c1csc(CC2CCNC2)n1)c1ccc2ncccc2c1. The molecule has 1 aliphatic heterocycles. The molecule has 128 valence electrons. The van der Waals surface area contributed by atoms with Crippen LogP contribution in [0.1, 0.15) is 21.9 Å². The number of hydrogen-bond acceptors (Lipinski definition) is 5. The Labute approximate surface area is 150 Å². The number of aromatic nitrogens is 2. The fourth-order valence-corrected chi connectivity index (χ4v) is 4.08. The lowest BCUT2D eigenvalue weighted by atomic mass is 10.1. The number of carbonyl (C=O) groups excluding carboxylic acids is 1. The minimum Gasteiger partial charge on any atom is -0.316 e. The van der Waals surface area contributed by atoms with E-state index in [0.717, 1.165) is 41.1 Å². The second kappa shape index (κ2) is 6.90. The van der Waals surface area contributed by atoms with Crippen molar-refractivity contribution < 1.29 is 4.79 Å². The fraction of sp³-hybridized carbons (Fsp3) is 0.316. The van der Waals surface area contributed by atoms with E-state index in [2.05, 4.69) is 15.3 Å². The second-order valence-electron chi connectivity index (χ2n) is 6.43. The number of hydrogen-bond donors (Lipinski definition) is 1. The summed E-state index contributed by atoms with van der Waals surface area (Å²) < 4.78 is 0. The third-order valence-electron chi connectivity index (χ3n) is 4.68. The Hall–Kier alpha value is -2.31. The van der Waals surface area contributed by atoms with Gasteiger partial charge in [0.1, 0.15) is 5.69 Å². The predicted octanol–water partition coefficient (Wildman–Crippen LogP) is 3.12. The van der Waals surface area contributed by atoms with E-state index in [1.165, 1.54) is 6.42 Å².